The fourth-order valence-corrected chi connectivity index (χ4v) is 2.64. The number of fused-ring (bicyclic) bond motifs is 1. The van der Waals surface area contributed by atoms with Gasteiger partial charge in [-0.15, -0.1) is 0 Å². The topological polar surface area (TPSA) is 46.3 Å². The Morgan fingerprint density at radius 2 is 2.00 bits per heavy atom. The van der Waals surface area contributed by atoms with Crippen LogP contribution in [0.15, 0.2) is 36.4 Å². The Morgan fingerprint density at radius 1 is 1.19 bits per heavy atom. The number of hydrogen-bond donors (Lipinski definition) is 1. The van der Waals surface area contributed by atoms with E-state index in [4.69, 9.17) is 5.73 Å². The minimum absolute atomic E-state index is 0.234. The number of nitrogen functional groups attached to an aromatic ring is 1. The molecule has 1 aliphatic rings. The van der Waals surface area contributed by atoms with Gasteiger partial charge in [0.25, 0.3) is 5.91 Å². The zero-order chi connectivity index (χ0) is 15.0. The largest absolute Gasteiger partial charge is 0.398 e. The second-order valence-corrected chi connectivity index (χ2v) is 5.09. The number of nitrogens with two attached hydrogens (primary N) is 1. The Morgan fingerprint density at radius 3 is 2.81 bits per heavy atom. The van der Waals surface area contributed by atoms with Gasteiger partial charge in [-0.3, -0.25) is 4.79 Å². The van der Waals surface area contributed by atoms with Crippen molar-refractivity contribution in [2.24, 2.45) is 0 Å². The van der Waals surface area contributed by atoms with Crippen molar-refractivity contribution < 1.29 is 13.6 Å². The lowest BCUT2D eigenvalue weighted by atomic mass is 9.97. The molecule has 1 amide bonds. The number of hydrogen-bond acceptors (Lipinski definition) is 2. The first-order chi connectivity index (χ1) is 10.1. The molecule has 108 valence electrons. The maximum absolute atomic E-state index is 13.7. The van der Waals surface area contributed by atoms with E-state index < -0.39 is 17.5 Å². The summed E-state index contributed by atoms with van der Waals surface area (Å²) >= 11 is 0. The molecule has 2 aromatic rings. The van der Waals surface area contributed by atoms with Crippen LogP contribution in [0.2, 0.25) is 0 Å². The molecule has 3 rings (SSSR count). The highest BCUT2D eigenvalue weighted by atomic mass is 19.1. The molecule has 0 aromatic heterocycles. The van der Waals surface area contributed by atoms with E-state index in [1.54, 1.807) is 0 Å². The maximum Gasteiger partial charge on any atom is 0.257 e. The minimum Gasteiger partial charge on any atom is -0.398 e. The summed E-state index contributed by atoms with van der Waals surface area (Å²) in [5.41, 5.74) is 8.36. The van der Waals surface area contributed by atoms with Gasteiger partial charge >= 0.3 is 0 Å². The van der Waals surface area contributed by atoms with Crippen LogP contribution in [0.4, 0.5) is 14.5 Å². The molecule has 0 spiro atoms. The van der Waals surface area contributed by atoms with Crippen molar-refractivity contribution in [1.29, 1.82) is 0 Å². The fraction of sp³-hybridized carbons (Fsp3) is 0.188. The number of carbonyl (C=O) groups is 1. The first-order valence-electron chi connectivity index (χ1n) is 6.67. The zero-order valence-corrected chi connectivity index (χ0v) is 11.3. The van der Waals surface area contributed by atoms with Crippen molar-refractivity contribution in [2.75, 3.05) is 12.3 Å². The molecular weight excluding hydrogens is 274 g/mol. The van der Waals surface area contributed by atoms with Crippen molar-refractivity contribution in [1.82, 2.24) is 4.90 Å². The van der Waals surface area contributed by atoms with Crippen LogP contribution in [0.1, 0.15) is 21.5 Å². The molecule has 2 aromatic carbocycles. The SMILES string of the molecule is Nc1cccc2c1CCN(C(=O)c1cc(F)ccc1F)C2. The summed E-state index contributed by atoms with van der Waals surface area (Å²) in [5.74, 6) is -1.83. The second-order valence-electron chi connectivity index (χ2n) is 5.09. The van der Waals surface area contributed by atoms with Gasteiger partial charge in [-0.1, -0.05) is 12.1 Å². The highest BCUT2D eigenvalue weighted by molar-refractivity contribution is 5.94. The third kappa shape index (κ3) is 2.46. The Kier molecular flexibility index (Phi) is 3.33. The van der Waals surface area contributed by atoms with Gasteiger partial charge in [-0.05, 0) is 41.8 Å². The summed E-state index contributed by atoms with van der Waals surface area (Å²) in [7, 11) is 0. The molecule has 0 bridgehead atoms. The summed E-state index contributed by atoms with van der Waals surface area (Å²) in [5, 5.41) is 0. The average molecular weight is 288 g/mol. The van der Waals surface area contributed by atoms with Gasteiger partial charge in [0.05, 0.1) is 5.56 Å². The predicted molar refractivity (Wildman–Crippen MR) is 75.7 cm³/mol. The van der Waals surface area contributed by atoms with Crippen LogP contribution >= 0.6 is 0 Å². The fourth-order valence-electron chi connectivity index (χ4n) is 2.64. The third-order valence-electron chi connectivity index (χ3n) is 3.75. The van der Waals surface area contributed by atoms with Crippen LogP contribution in [0, 0.1) is 11.6 Å². The molecule has 0 unspecified atom stereocenters. The van der Waals surface area contributed by atoms with Gasteiger partial charge in [-0.25, -0.2) is 8.78 Å². The van der Waals surface area contributed by atoms with Gasteiger partial charge in [0, 0.05) is 18.8 Å². The highest BCUT2D eigenvalue weighted by Gasteiger charge is 2.24. The van der Waals surface area contributed by atoms with E-state index in [1.807, 2.05) is 18.2 Å². The van der Waals surface area contributed by atoms with Crippen molar-refractivity contribution >= 4 is 11.6 Å². The summed E-state index contributed by atoms with van der Waals surface area (Å²) in [4.78, 5) is 13.9. The first kappa shape index (κ1) is 13.5. The Labute approximate surface area is 121 Å². The van der Waals surface area contributed by atoms with Crippen LogP contribution in [0.25, 0.3) is 0 Å². The van der Waals surface area contributed by atoms with E-state index >= 15 is 0 Å². The maximum atomic E-state index is 13.7. The van der Waals surface area contributed by atoms with Gasteiger partial charge in [0.2, 0.25) is 0 Å². The molecule has 0 aliphatic carbocycles. The smallest absolute Gasteiger partial charge is 0.257 e. The van der Waals surface area contributed by atoms with Gasteiger partial charge in [-0.2, -0.15) is 0 Å². The summed E-state index contributed by atoms with van der Waals surface area (Å²) in [6.45, 7) is 0.797. The molecule has 0 radical (unpaired) electrons. The van der Waals surface area contributed by atoms with Crippen molar-refractivity contribution in [3.05, 3.63) is 64.7 Å². The molecule has 3 nitrogen and oxygen atoms in total. The summed E-state index contributed by atoms with van der Waals surface area (Å²) in [6.07, 6.45) is 0.616. The van der Waals surface area contributed by atoms with E-state index in [0.717, 1.165) is 29.3 Å². The quantitative estimate of drug-likeness (QED) is 0.820. The number of amides is 1. The number of nitrogens with zero attached hydrogens (tertiary/aromatic N) is 1. The summed E-state index contributed by atoms with van der Waals surface area (Å²) in [6, 6.07) is 8.45. The Bertz CT molecular complexity index is 715. The lowest BCUT2D eigenvalue weighted by Gasteiger charge is -2.29. The molecule has 1 aliphatic heterocycles. The van der Waals surface area contributed by atoms with E-state index in [0.29, 0.717) is 25.2 Å². The van der Waals surface area contributed by atoms with E-state index in [9.17, 15) is 13.6 Å². The minimum atomic E-state index is -0.709. The van der Waals surface area contributed by atoms with Gasteiger partial charge in [0.1, 0.15) is 11.6 Å². The monoisotopic (exact) mass is 288 g/mol. The van der Waals surface area contributed by atoms with E-state index in [1.165, 1.54) is 4.90 Å². The van der Waals surface area contributed by atoms with Gasteiger partial charge in [0.15, 0.2) is 0 Å². The van der Waals surface area contributed by atoms with E-state index in [-0.39, 0.29) is 5.56 Å². The van der Waals surface area contributed by atoms with Gasteiger partial charge < -0.3 is 10.6 Å². The molecule has 0 saturated carbocycles. The number of anilines is 1. The van der Waals surface area contributed by atoms with Crippen molar-refractivity contribution in [2.45, 2.75) is 13.0 Å². The number of carbonyl (C=O) groups excluding carboxylic acids is 1. The molecule has 0 fully saturated rings. The van der Waals surface area contributed by atoms with Crippen LogP contribution in [0.3, 0.4) is 0 Å². The average Bonchev–Trinajstić information content (AvgIpc) is 2.49. The predicted octanol–water partition coefficient (Wildman–Crippen LogP) is 2.75. The Balaban J connectivity index is 1.89. The lowest BCUT2D eigenvalue weighted by Crippen LogP contribution is -2.36. The first-order valence-corrected chi connectivity index (χ1v) is 6.67. The molecular formula is C16H14F2N2O. The molecule has 0 atom stereocenters. The molecule has 0 saturated heterocycles. The third-order valence-corrected chi connectivity index (χ3v) is 3.75. The number of rotatable bonds is 1. The summed E-state index contributed by atoms with van der Waals surface area (Å²) < 4.78 is 26.9. The molecule has 1 heterocycles. The van der Waals surface area contributed by atoms with Crippen LogP contribution < -0.4 is 5.73 Å². The van der Waals surface area contributed by atoms with Crippen molar-refractivity contribution in [3.63, 3.8) is 0 Å². The molecule has 5 heteroatoms. The molecule has 21 heavy (non-hydrogen) atoms. The van der Waals surface area contributed by atoms with E-state index in [2.05, 4.69) is 0 Å². The van der Waals surface area contributed by atoms with Crippen LogP contribution in [-0.2, 0) is 13.0 Å². The standard InChI is InChI=1S/C16H14F2N2O/c17-11-4-5-14(18)13(8-11)16(21)20-7-6-12-10(9-20)2-1-3-15(12)19/h1-5,8H,6-7,9,19H2. The Hall–Kier alpha value is -2.43. The highest BCUT2D eigenvalue weighted by Crippen LogP contribution is 2.25. The normalized spacial score (nSPS) is 13.9. The lowest BCUT2D eigenvalue weighted by molar-refractivity contribution is 0.0729. The zero-order valence-electron chi connectivity index (χ0n) is 11.3. The van der Waals surface area contributed by atoms with Crippen molar-refractivity contribution in [3.8, 4) is 0 Å². The number of benzene rings is 2. The second kappa shape index (κ2) is 5.16. The molecule has 2 N–H and O–H groups in total. The van der Waals surface area contributed by atoms with Crippen LogP contribution in [0.5, 0.6) is 0 Å². The van der Waals surface area contributed by atoms with Crippen LogP contribution in [-0.4, -0.2) is 17.4 Å². The number of halogens is 2.